The standard InChI is InChI=1S/C23H17N3O2S/c27-20(23-24-17-13-7-8-14-18(17)29-23)26-22-19(15-9-3-1-4-10-15)25-21(28-22)16-11-5-2-6-12-16/h1-14,21,25H,(H,26,27). The fraction of sp³-hybridized carbons (Fsp3) is 0.0435. The Balaban J connectivity index is 1.46. The average Bonchev–Trinajstić information content (AvgIpc) is 3.39. The van der Waals surface area contributed by atoms with Crippen molar-refractivity contribution < 1.29 is 9.53 Å². The average molecular weight is 399 g/mol. The third-order valence-electron chi connectivity index (χ3n) is 4.62. The second kappa shape index (κ2) is 7.41. The quantitative estimate of drug-likeness (QED) is 0.523. The summed E-state index contributed by atoms with van der Waals surface area (Å²) in [7, 11) is 0. The lowest BCUT2D eigenvalue weighted by Crippen LogP contribution is -2.23. The van der Waals surface area contributed by atoms with Gasteiger partial charge in [0.15, 0.2) is 11.2 Å². The molecule has 1 aliphatic heterocycles. The minimum Gasteiger partial charge on any atom is -0.449 e. The lowest BCUT2D eigenvalue weighted by molar-refractivity contribution is 0.0851. The molecule has 0 spiro atoms. The number of thiazole rings is 1. The van der Waals surface area contributed by atoms with Crippen LogP contribution in [0.2, 0.25) is 0 Å². The molecule has 6 heteroatoms. The van der Waals surface area contributed by atoms with Crippen molar-refractivity contribution in [2.24, 2.45) is 0 Å². The third-order valence-corrected chi connectivity index (χ3v) is 5.65. The van der Waals surface area contributed by atoms with Crippen molar-refractivity contribution in [3.05, 3.63) is 107 Å². The van der Waals surface area contributed by atoms with E-state index >= 15 is 0 Å². The maximum atomic E-state index is 12.9. The van der Waals surface area contributed by atoms with Gasteiger partial charge in [-0.1, -0.05) is 72.8 Å². The molecule has 2 heterocycles. The van der Waals surface area contributed by atoms with Gasteiger partial charge in [0.1, 0.15) is 5.70 Å². The maximum Gasteiger partial charge on any atom is 0.287 e. The zero-order valence-electron chi connectivity index (χ0n) is 15.3. The lowest BCUT2D eigenvalue weighted by Gasteiger charge is -2.13. The lowest BCUT2D eigenvalue weighted by atomic mass is 10.1. The molecule has 2 N–H and O–H groups in total. The largest absolute Gasteiger partial charge is 0.449 e. The minimum absolute atomic E-state index is 0.287. The molecule has 0 fully saturated rings. The second-order valence-electron chi connectivity index (χ2n) is 6.56. The molecule has 4 aromatic rings. The molecule has 1 aromatic heterocycles. The van der Waals surface area contributed by atoms with Gasteiger partial charge in [0, 0.05) is 11.1 Å². The monoisotopic (exact) mass is 399 g/mol. The number of hydrogen-bond acceptors (Lipinski definition) is 5. The maximum absolute atomic E-state index is 12.9. The van der Waals surface area contributed by atoms with Crippen molar-refractivity contribution in [3.8, 4) is 0 Å². The third kappa shape index (κ3) is 3.46. The van der Waals surface area contributed by atoms with Crippen LogP contribution in [0, 0.1) is 0 Å². The van der Waals surface area contributed by atoms with Crippen LogP contribution < -0.4 is 10.6 Å². The highest BCUT2D eigenvalue weighted by atomic mass is 32.1. The van der Waals surface area contributed by atoms with Crippen LogP contribution in [0.15, 0.2) is 90.8 Å². The van der Waals surface area contributed by atoms with Crippen LogP contribution in [0.25, 0.3) is 15.9 Å². The van der Waals surface area contributed by atoms with E-state index in [1.807, 2.05) is 84.9 Å². The summed E-state index contributed by atoms with van der Waals surface area (Å²) in [6.07, 6.45) is -0.378. The summed E-state index contributed by atoms with van der Waals surface area (Å²) in [5.41, 5.74) is 3.47. The summed E-state index contributed by atoms with van der Waals surface area (Å²) in [5, 5.41) is 6.69. The Morgan fingerprint density at radius 3 is 2.38 bits per heavy atom. The van der Waals surface area contributed by atoms with Crippen LogP contribution in [0.5, 0.6) is 0 Å². The summed E-state index contributed by atoms with van der Waals surface area (Å²) in [6, 6.07) is 27.4. The van der Waals surface area contributed by atoms with Crippen LogP contribution in [-0.4, -0.2) is 10.9 Å². The number of hydrogen-bond donors (Lipinski definition) is 2. The summed E-state index contributed by atoms with van der Waals surface area (Å²) in [5.74, 6) is 0.111. The minimum atomic E-state index is -0.378. The van der Waals surface area contributed by atoms with Gasteiger partial charge in [0.2, 0.25) is 5.88 Å². The van der Waals surface area contributed by atoms with Crippen molar-refractivity contribution in [1.29, 1.82) is 0 Å². The first-order valence-corrected chi connectivity index (χ1v) is 10.0. The van der Waals surface area contributed by atoms with Gasteiger partial charge < -0.3 is 10.1 Å². The van der Waals surface area contributed by atoms with E-state index in [1.165, 1.54) is 11.3 Å². The van der Waals surface area contributed by atoms with E-state index in [4.69, 9.17) is 4.74 Å². The highest BCUT2D eigenvalue weighted by Crippen LogP contribution is 2.31. The van der Waals surface area contributed by atoms with Gasteiger partial charge in [-0.15, -0.1) is 11.3 Å². The molecule has 0 saturated carbocycles. The highest BCUT2D eigenvalue weighted by molar-refractivity contribution is 7.20. The molecule has 1 aliphatic rings. The molecule has 1 unspecified atom stereocenters. The number of nitrogens with one attached hydrogen (secondary N) is 2. The van der Waals surface area contributed by atoms with Gasteiger partial charge in [-0.3, -0.25) is 10.1 Å². The Hall–Kier alpha value is -3.64. The first-order valence-electron chi connectivity index (χ1n) is 9.23. The number of nitrogens with zero attached hydrogens (tertiary/aromatic N) is 1. The first kappa shape index (κ1) is 17.5. The van der Waals surface area contributed by atoms with Crippen molar-refractivity contribution in [2.45, 2.75) is 6.23 Å². The Labute approximate surface area is 171 Å². The van der Waals surface area contributed by atoms with Crippen molar-refractivity contribution in [2.75, 3.05) is 0 Å². The number of ether oxygens (including phenoxy) is 1. The Morgan fingerprint density at radius 2 is 1.62 bits per heavy atom. The number of para-hydroxylation sites is 1. The van der Waals surface area contributed by atoms with E-state index in [-0.39, 0.29) is 12.1 Å². The van der Waals surface area contributed by atoms with E-state index in [9.17, 15) is 4.79 Å². The van der Waals surface area contributed by atoms with Gasteiger partial charge in [-0.2, -0.15) is 0 Å². The number of fused-ring (bicyclic) bond motifs is 1. The number of carbonyl (C=O) groups excluding carboxylic acids is 1. The van der Waals surface area contributed by atoms with Crippen LogP contribution in [0.4, 0.5) is 0 Å². The van der Waals surface area contributed by atoms with Gasteiger partial charge in [0.05, 0.1) is 10.2 Å². The molecular formula is C23H17N3O2S. The van der Waals surface area contributed by atoms with E-state index in [2.05, 4.69) is 15.6 Å². The number of benzene rings is 3. The molecule has 29 heavy (non-hydrogen) atoms. The molecule has 1 atom stereocenters. The van der Waals surface area contributed by atoms with Crippen LogP contribution in [0.1, 0.15) is 27.2 Å². The number of amides is 1. The number of rotatable bonds is 4. The van der Waals surface area contributed by atoms with Crippen molar-refractivity contribution >= 4 is 33.2 Å². The molecule has 5 nitrogen and oxygen atoms in total. The molecule has 142 valence electrons. The second-order valence-corrected chi connectivity index (χ2v) is 7.59. The van der Waals surface area contributed by atoms with Gasteiger partial charge in [-0.25, -0.2) is 4.98 Å². The van der Waals surface area contributed by atoms with E-state index < -0.39 is 0 Å². The molecule has 0 radical (unpaired) electrons. The number of carbonyl (C=O) groups is 1. The predicted molar refractivity (Wildman–Crippen MR) is 114 cm³/mol. The topological polar surface area (TPSA) is 63.2 Å². The highest BCUT2D eigenvalue weighted by Gasteiger charge is 2.29. The smallest absolute Gasteiger partial charge is 0.287 e. The zero-order valence-corrected chi connectivity index (χ0v) is 16.1. The van der Waals surface area contributed by atoms with Crippen molar-refractivity contribution in [1.82, 2.24) is 15.6 Å². The summed E-state index contributed by atoms with van der Waals surface area (Å²) in [6.45, 7) is 0. The SMILES string of the molecule is O=C(NC1=C(c2ccccc2)NC(c2ccccc2)O1)c1nc2ccccc2s1. The predicted octanol–water partition coefficient (Wildman–Crippen LogP) is 4.67. The van der Waals surface area contributed by atoms with Gasteiger partial charge in [0.25, 0.3) is 5.91 Å². The van der Waals surface area contributed by atoms with E-state index in [0.717, 1.165) is 27.0 Å². The van der Waals surface area contributed by atoms with E-state index in [1.54, 1.807) is 0 Å². The van der Waals surface area contributed by atoms with Gasteiger partial charge >= 0.3 is 0 Å². The number of aromatic nitrogens is 1. The molecule has 0 bridgehead atoms. The molecule has 0 aliphatic carbocycles. The van der Waals surface area contributed by atoms with Crippen LogP contribution in [-0.2, 0) is 4.74 Å². The molecule has 1 amide bonds. The Kier molecular flexibility index (Phi) is 4.46. The Bertz CT molecular complexity index is 1170. The van der Waals surface area contributed by atoms with Crippen molar-refractivity contribution in [3.63, 3.8) is 0 Å². The summed E-state index contributed by atoms with van der Waals surface area (Å²) < 4.78 is 7.07. The molecular weight excluding hydrogens is 382 g/mol. The molecule has 0 saturated heterocycles. The Morgan fingerprint density at radius 1 is 0.931 bits per heavy atom. The fourth-order valence-corrected chi connectivity index (χ4v) is 4.08. The first-order chi connectivity index (χ1) is 14.3. The van der Waals surface area contributed by atoms with E-state index in [0.29, 0.717) is 10.9 Å². The molecule has 5 rings (SSSR count). The molecule has 3 aromatic carbocycles. The van der Waals surface area contributed by atoms with Crippen LogP contribution >= 0.6 is 11.3 Å². The summed E-state index contributed by atoms with van der Waals surface area (Å²) >= 11 is 1.36. The van der Waals surface area contributed by atoms with Crippen LogP contribution in [0.3, 0.4) is 0 Å². The normalized spacial score (nSPS) is 15.8. The fourth-order valence-electron chi connectivity index (χ4n) is 3.22. The zero-order chi connectivity index (χ0) is 19.6. The summed E-state index contributed by atoms with van der Waals surface area (Å²) in [4.78, 5) is 17.3. The van der Waals surface area contributed by atoms with Gasteiger partial charge in [-0.05, 0) is 12.1 Å².